The van der Waals surface area contributed by atoms with E-state index in [1.165, 1.54) is 0 Å². The quantitative estimate of drug-likeness (QED) is 0.716. The standard InChI is InChI=1S/C22H34N2O6/c1-3-29-20(25)24-10-8-21(26,9-11-24)14-23-12-13-28-16-22(27,15-23)17-30-19-7-5-4-6-18(19)2/h4-7,26-27H,3,8-17H2,1-2H3. The molecule has 2 heterocycles. The van der Waals surface area contributed by atoms with Gasteiger partial charge in [0.2, 0.25) is 0 Å². The number of likely N-dealkylation sites (tertiary alicyclic amines) is 1. The summed E-state index contributed by atoms with van der Waals surface area (Å²) in [5.41, 5.74) is -1.07. The smallest absolute Gasteiger partial charge is 0.409 e. The average molecular weight is 423 g/mol. The third kappa shape index (κ3) is 6.07. The number of rotatable bonds is 6. The average Bonchev–Trinajstić information content (AvgIpc) is 2.89. The molecular formula is C22H34N2O6. The van der Waals surface area contributed by atoms with Crippen molar-refractivity contribution in [2.24, 2.45) is 0 Å². The number of carbonyl (C=O) groups is 1. The van der Waals surface area contributed by atoms with Gasteiger partial charge in [0.15, 0.2) is 0 Å². The van der Waals surface area contributed by atoms with Crippen molar-refractivity contribution in [3.8, 4) is 5.75 Å². The van der Waals surface area contributed by atoms with Crippen LogP contribution in [-0.2, 0) is 9.47 Å². The first kappa shape index (κ1) is 22.8. The van der Waals surface area contributed by atoms with Crippen LogP contribution in [0.3, 0.4) is 0 Å². The third-order valence-electron chi connectivity index (χ3n) is 5.77. The number of nitrogens with zero attached hydrogens (tertiary/aromatic N) is 2. The van der Waals surface area contributed by atoms with E-state index in [0.29, 0.717) is 58.8 Å². The van der Waals surface area contributed by atoms with Crippen LogP contribution < -0.4 is 4.74 Å². The maximum atomic E-state index is 11.9. The molecular weight excluding hydrogens is 388 g/mol. The normalized spacial score (nSPS) is 24.9. The van der Waals surface area contributed by atoms with Crippen LogP contribution in [0, 0.1) is 6.92 Å². The third-order valence-corrected chi connectivity index (χ3v) is 5.77. The van der Waals surface area contributed by atoms with Gasteiger partial charge in [-0.2, -0.15) is 0 Å². The second kappa shape index (κ2) is 9.96. The van der Waals surface area contributed by atoms with Crippen molar-refractivity contribution in [3.05, 3.63) is 29.8 Å². The van der Waals surface area contributed by atoms with E-state index in [0.717, 1.165) is 11.3 Å². The molecule has 2 aliphatic heterocycles. The monoisotopic (exact) mass is 422 g/mol. The Morgan fingerprint density at radius 1 is 1.17 bits per heavy atom. The molecule has 2 fully saturated rings. The van der Waals surface area contributed by atoms with Crippen molar-refractivity contribution in [3.63, 3.8) is 0 Å². The molecule has 0 saturated carbocycles. The number of para-hydroxylation sites is 1. The van der Waals surface area contributed by atoms with Crippen molar-refractivity contribution >= 4 is 6.09 Å². The van der Waals surface area contributed by atoms with Gasteiger partial charge in [0.25, 0.3) is 0 Å². The van der Waals surface area contributed by atoms with Gasteiger partial charge in [-0.3, -0.25) is 4.90 Å². The minimum atomic E-state index is -1.17. The van der Waals surface area contributed by atoms with Gasteiger partial charge in [-0.15, -0.1) is 0 Å². The second-order valence-electron chi connectivity index (χ2n) is 8.45. The number of hydrogen-bond donors (Lipinski definition) is 2. The Kier molecular flexibility index (Phi) is 7.57. The molecule has 2 saturated heterocycles. The molecule has 0 aliphatic carbocycles. The van der Waals surface area contributed by atoms with Crippen molar-refractivity contribution in [2.75, 3.05) is 59.2 Å². The fourth-order valence-corrected chi connectivity index (χ4v) is 4.04. The number of amides is 1. The lowest BCUT2D eigenvalue weighted by Gasteiger charge is -2.41. The van der Waals surface area contributed by atoms with Gasteiger partial charge < -0.3 is 29.3 Å². The van der Waals surface area contributed by atoms with E-state index in [1.807, 2.05) is 36.1 Å². The van der Waals surface area contributed by atoms with Gasteiger partial charge in [-0.05, 0) is 38.3 Å². The molecule has 2 aliphatic rings. The predicted molar refractivity (Wildman–Crippen MR) is 112 cm³/mol. The lowest BCUT2D eigenvalue weighted by molar-refractivity contribution is -0.0790. The number of hydrogen-bond acceptors (Lipinski definition) is 7. The first-order chi connectivity index (χ1) is 14.3. The lowest BCUT2D eigenvalue weighted by atomic mass is 9.90. The van der Waals surface area contributed by atoms with E-state index >= 15 is 0 Å². The molecule has 1 atom stereocenters. The van der Waals surface area contributed by atoms with Crippen molar-refractivity contribution in [1.29, 1.82) is 0 Å². The first-order valence-corrected chi connectivity index (χ1v) is 10.7. The summed E-state index contributed by atoms with van der Waals surface area (Å²) in [5, 5.41) is 22.2. The minimum absolute atomic E-state index is 0.115. The summed E-state index contributed by atoms with van der Waals surface area (Å²) in [7, 11) is 0. The Morgan fingerprint density at radius 2 is 1.90 bits per heavy atom. The molecule has 8 heteroatoms. The summed E-state index contributed by atoms with van der Waals surface area (Å²) < 4.78 is 16.6. The van der Waals surface area contributed by atoms with Crippen LogP contribution in [-0.4, -0.2) is 96.5 Å². The maximum absolute atomic E-state index is 11.9. The zero-order valence-corrected chi connectivity index (χ0v) is 18.0. The van der Waals surface area contributed by atoms with Gasteiger partial charge in [0.05, 0.1) is 25.4 Å². The summed E-state index contributed by atoms with van der Waals surface area (Å²) in [5.74, 6) is 0.742. The number of ether oxygens (including phenoxy) is 3. The molecule has 1 unspecified atom stereocenters. The Balaban J connectivity index is 1.55. The molecule has 8 nitrogen and oxygen atoms in total. The number of aryl methyl sites for hydroxylation is 1. The molecule has 1 amide bonds. The molecule has 3 rings (SSSR count). The fraction of sp³-hybridized carbons (Fsp3) is 0.682. The molecule has 0 radical (unpaired) electrons. The largest absolute Gasteiger partial charge is 0.490 e. The zero-order valence-electron chi connectivity index (χ0n) is 18.0. The number of aliphatic hydroxyl groups is 2. The van der Waals surface area contributed by atoms with Gasteiger partial charge in [-0.25, -0.2) is 4.79 Å². The topological polar surface area (TPSA) is 91.7 Å². The predicted octanol–water partition coefficient (Wildman–Crippen LogP) is 1.42. The summed E-state index contributed by atoms with van der Waals surface area (Å²) in [4.78, 5) is 15.6. The van der Waals surface area contributed by atoms with Gasteiger partial charge in [0, 0.05) is 32.7 Å². The lowest BCUT2D eigenvalue weighted by Crippen LogP contribution is -2.55. The molecule has 1 aromatic rings. The number of piperidine rings is 1. The first-order valence-electron chi connectivity index (χ1n) is 10.7. The van der Waals surface area contributed by atoms with E-state index in [4.69, 9.17) is 14.2 Å². The maximum Gasteiger partial charge on any atom is 0.409 e. The van der Waals surface area contributed by atoms with E-state index in [2.05, 4.69) is 0 Å². The fourth-order valence-electron chi connectivity index (χ4n) is 4.04. The zero-order chi connectivity index (χ0) is 21.6. The van der Waals surface area contributed by atoms with Crippen LogP contribution in [0.4, 0.5) is 4.79 Å². The van der Waals surface area contributed by atoms with Crippen LogP contribution in [0.15, 0.2) is 24.3 Å². The molecule has 2 N–H and O–H groups in total. The van der Waals surface area contributed by atoms with E-state index < -0.39 is 11.2 Å². The molecule has 0 spiro atoms. The Hall–Kier alpha value is -1.87. The van der Waals surface area contributed by atoms with Crippen LogP contribution in [0.5, 0.6) is 5.75 Å². The molecule has 0 aromatic heterocycles. The highest BCUT2D eigenvalue weighted by atomic mass is 16.6. The molecule has 0 bridgehead atoms. The molecule has 1 aromatic carbocycles. The van der Waals surface area contributed by atoms with Crippen molar-refractivity contribution in [1.82, 2.24) is 9.80 Å². The van der Waals surface area contributed by atoms with Gasteiger partial charge in [-0.1, -0.05) is 18.2 Å². The molecule has 168 valence electrons. The van der Waals surface area contributed by atoms with Crippen LogP contribution in [0.2, 0.25) is 0 Å². The van der Waals surface area contributed by atoms with Crippen LogP contribution >= 0.6 is 0 Å². The Labute approximate surface area is 178 Å². The highest BCUT2D eigenvalue weighted by Crippen LogP contribution is 2.26. The van der Waals surface area contributed by atoms with E-state index in [1.54, 1.807) is 11.8 Å². The van der Waals surface area contributed by atoms with Crippen LogP contribution in [0.25, 0.3) is 0 Å². The number of β-amino-alcohol motifs (C(OH)–C–C–N with tert-alkyl or cyclic N) is 2. The highest BCUT2D eigenvalue weighted by Gasteiger charge is 2.39. The Bertz CT molecular complexity index is 707. The van der Waals surface area contributed by atoms with Crippen LogP contribution in [0.1, 0.15) is 25.3 Å². The van der Waals surface area contributed by atoms with Crippen molar-refractivity contribution < 1.29 is 29.2 Å². The van der Waals surface area contributed by atoms with Gasteiger partial charge in [0.1, 0.15) is 18.0 Å². The molecule has 30 heavy (non-hydrogen) atoms. The van der Waals surface area contributed by atoms with Crippen molar-refractivity contribution in [2.45, 2.75) is 37.9 Å². The number of carbonyl (C=O) groups excluding carboxylic acids is 1. The summed E-state index contributed by atoms with van der Waals surface area (Å²) in [6.45, 7) is 7.18. The van der Waals surface area contributed by atoms with E-state index in [-0.39, 0.29) is 19.3 Å². The van der Waals surface area contributed by atoms with Gasteiger partial charge >= 0.3 is 6.09 Å². The van der Waals surface area contributed by atoms with E-state index in [9.17, 15) is 15.0 Å². The minimum Gasteiger partial charge on any atom is -0.490 e. The number of benzene rings is 1. The summed E-state index contributed by atoms with van der Waals surface area (Å²) >= 11 is 0. The SMILES string of the molecule is CCOC(=O)N1CCC(O)(CN2CCOCC(O)(COc3ccccc3C)C2)CC1. The summed E-state index contributed by atoms with van der Waals surface area (Å²) in [6.07, 6.45) is 0.619. The second-order valence-corrected chi connectivity index (χ2v) is 8.45. The Morgan fingerprint density at radius 3 is 2.60 bits per heavy atom. The highest BCUT2D eigenvalue weighted by molar-refractivity contribution is 5.67. The summed E-state index contributed by atoms with van der Waals surface area (Å²) in [6, 6.07) is 7.70.